The van der Waals surface area contributed by atoms with Crippen LogP contribution in [0, 0.1) is 0 Å². The van der Waals surface area contributed by atoms with Gasteiger partial charge in [0.15, 0.2) is 0 Å². The number of likely N-dealkylation sites (N-methyl/N-ethyl adjacent to an activating group) is 1. The van der Waals surface area contributed by atoms with Crippen molar-refractivity contribution in [1.29, 1.82) is 0 Å². The standard InChI is InChI=1S/C18H32N2O/c1-4-6-7-12-20(3)13-14-21-18-10-8-9-17(15-18)16-19-11-5-2/h8-10,15,19H,4-7,11-14,16H2,1-3H3. The number of nitrogens with one attached hydrogen (secondary N) is 1. The third-order valence-electron chi connectivity index (χ3n) is 3.54. The summed E-state index contributed by atoms with van der Waals surface area (Å²) in [6.07, 6.45) is 5.05. The molecule has 0 amide bonds. The molecular formula is C18H32N2O. The molecule has 0 aliphatic heterocycles. The van der Waals surface area contributed by atoms with Gasteiger partial charge in [-0.15, -0.1) is 0 Å². The van der Waals surface area contributed by atoms with Crippen LogP contribution in [0.1, 0.15) is 45.1 Å². The highest BCUT2D eigenvalue weighted by molar-refractivity contribution is 5.28. The van der Waals surface area contributed by atoms with Crippen molar-refractivity contribution in [3.8, 4) is 5.75 Å². The second-order valence-corrected chi connectivity index (χ2v) is 5.68. The first-order chi connectivity index (χ1) is 10.3. The quantitative estimate of drug-likeness (QED) is 0.595. The minimum atomic E-state index is 0.758. The molecule has 1 aromatic rings. The number of nitrogens with zero attached hydrogens (tertiary/aromatic N) is 1. The van der Waals surface area contributed by atoms with Crippen molar-refractivity contribution in [1.82, 2.24) is 10.2 Å². The van der Waals surface area contributed by atoms with E-state index in [2.05, 4.69) is 49.3 Å². The molecule has 0 atom stereocenters. The molecule has 0 fully saturated rings. The molecule has 0 spiro atoms. The van der Waals surface area contributed by atoms with Crippen molar-refractivity contribution in [2.45, 2.75) is 46.1 Å². The summed E-state index contributed by atoms with van der Waals surface area (Å²) in [7, 11) is 2.17. The second-order valence-electron chi connectivity index (χ2n) is 5.68. The van der Waals surface area contributed by atoms with E-state index in [0.717, 1.165) is 38.5 Å². The van der Waals surface area contributed by atoms with Gasteiger partial charge in [-0.2, -0.15) is 0 Å². The third kappa shape index (κ3) is 8.74. The van der Waals surface area contributed by atoms with Gasteiger partial charge in [0.05, 0.1) is 0 Å². The molecule has 3 nitrogen and oxygen atoms in total. The van der Waals surface area contributed by atoms with Crippen molar-refractivity contribution in [3.05, 3.63) is 29.8 Å². The summed E-state index contributed by atoms with van der Waals surface area (Å²) < 4.78 is 5.86. The molecule has 120 valence electrons. The number of benzene rings is 1. The highest BCUT2D eigenvalue weighted by atomic mass is 16.5. The molecule has 1 aromatic carbocycles. The summed E-state index contributed by atoms with van der Waals surface area (Å²) in [4.78, 5) is 2.35. The fraction of sp³-hybridized carbons (Fsp3) is 0.667. The van der Waals surface area contributed by atoms with Gasteiger partial charge in [-0.3, -0.25) is 0 Å². The van der Waals surface area contributed by atoms with Gasteiger partial charge in [-0.25, -0.2) is 0 Å². The fourth-order valence-electron chi connectivity index (χ4n) is 2.22. The van der Waals surface area contributed by atoms with Gasteiger partial charge < -0.3 is 15.0 Å². The molecule has 3 heteroatoms. The Morgan fingerprint density at radius 1 is 1.10 bits per heavy atom. The van der Waals surface area contributed by atoms with Crippen LogP contribution >= 0.6 is 0 Å². The molecular weight excluding hydrogens is 260 g/mol. The molecule has 0 unspecified atom stereocenters. The van der Waals surface area contributed by atoms with E-state index >= 15 is 0 Å². The maximum absolute atomic E-state index is 5.86. The zero-order valence-corrected chi connectivity index (χ0v) is 14.0. The Hall–Kier alpha value is -1.06. The van der Waals surface area contributed by atoms with Gasteiger partial charge in [0.1, 0.15) is 12.4 Å². The first-order valence-corrected chi connectivity index (χ1v) is 8.37. The minimum absolute atomic E-state index is 0.758. The number of unbranched alkanes of at least 4 members (excludes halogenated alkanes) is 2. The van der Waals surface area contributed by atoms with Crippen LogP contribution in [0.4, 0.5) is 0 Å². The number of ether oxygens (including phenoxy) is 1. The molecule has 0 aliphatic carbocycles. The smallest absolute Gasteiger partial charge is 0.119 e. The van der Waals surface area contributed by atoms with Gasteiger partial charge in [0.25, 0.3) is 0 Å². The lowest BCUT2D eigenvalue weighted by Gasteiger charge is -2.17. The predicted molar refractivity (Wildman–Crippen MR) is 91.0 cm³/mol. The predicted octanol–water partition coefficient (Wildman–Crippen LogP) is 3.69. The fourth-order valence-corrected chi connectivity index (χ4v) is 2.22. The summed E-state index contributed by atoms with van der Waals surface area (Å²) >= 11 is 0. The van der Waals surface area contributed by atoms with E-state index in [0.29, 0.717) is 0 Å². The highest BCUT2D eigenvalue weighted by Crippen LogP contribution is 2.13. The van der Waals surface area contributed by atoms with E-state index in [9.17, 15) is 0 Å². The SMILES string of the molecule is CCCCCN(C)CCOc1cccc(CNCCC)c1. The summed E-state index contributed by atoms with van der Waals surface area (Å²) in [5, 5.41) is 3.42. The monoisotopic (exact) mass is 292 g/mol. The molecule has 0 aliphatic rings. The Labute approximate surface area is 130 Å². The van der Waals surface area contributed by atoms with Crippen LogP contribution in [-0.4, -0.2) is 38.2 Å². The van der Waals surface area contributed by atoms with Crippen molar-refractivity contribution in [2.75, 3.05) is 33.3 Å². The lowest BCUT2D eigenvalue weighted by atomic mass is 10.2. The molecule has 0 bridgehead atoms. The van der Waals surface area contributed by atoms with Gasteiger partial charge in [-0.05, 0) is 50.7 Å². The van der Waals surface area contributed by atoms with Crippen LogP contribution in [0.25, 0.3) is 0 Å². The van der Waals surface area contributed by atoms with E-state index < -0.39 is 0 Å². The molecule has 1 rings (SSSR count). The first kappa shape index (κ1) is 18.0. The normalized spacial score (nSPS) is 11.0. The molecule has 0 saturated carbocycles. The van der Waals surface area contributed by atoms with Gasteiger partial charge in [-0.1, -0.05) is 38.8 Å². The summed E-state index contributed by atoms with van der Waals surface area (Å²) in [6.45, 7) is 9.32. The average Bonchev–Trinajstić information content (AvgIpc) is 2.48. The maximum atomic E-state index is 5.86. The average molecular weight is 292 g/mol. The third-order valence-corrected chi connectivity index (χ3v) is 3.54. The topological polar surface area (TPSA) is 24.5 Å². The molecule has 21 heavy (non-hydrogen) atoms. The van der Waals surface area contributed by atoms with E-state index in [4.69, 9.17) is 4.74 Å². The van der Waals surface area contributed by atoms with Gasteiger partial charge in [0.2, 0.25) is 0 Å². The highest BCUT2D eigenvalue weighted by Gasteiger charge is 2.00. The molecule has 0 aromatic heterocycles. The first-order valence-electron chi connectivity index (χ1n) is 8.37. The van der Waals surface area contributed by atoms with Crippen LogP contribution in [0.15, 0.2) is 24.3 Å². The maximum Gasteiger partial charge on any atom is 0.119 e. The lowest BCUT2D eigenvalue weighted by molar-refractivity contribution is 0.234. The van der Waals surface area contributed by atoms with E-state index in [1.165, 1.54) is 31.2 Å². The molecule has 1 N–H and O–H groups in total. The molecule has 0 radical (unpaired) electrons. The van der Waals surface area contributed by atoms with Crippen molar-refractivity contribution >= 4 is 0 Å². The Morgan fingerprint density at radius 2 is 1.95 bits per heavy atom. The Bertz CT molecular complexity index is 368. The van der Waals surface area contributed by atoms with Crippen LogP contribution in [0.3, 0.4) is 0 Å². The number of hydrogen-bond donors (Lipinski definition) is 1. The zero-order valence-electron chi connectivity index (χ0n) is 14.0. The van der Waals surface area contributed by atoms with Crippen molar-refractivity contribution in [2.24, 2.45) is 0 Å². The number of rotatable bonds is 12. The van der Waals surface area contributed by atoms with Crippen molar-refractivity contribution in [3.63, 3.8) is 0 Å². The van der Waals surface area contributed by atoms with Crippen LogP contribution in [-0.2, 0) is 6.54 Å². The van der Waals surface area contributed by atoms with Crippen LogP contribution in [0.5, 0.6) is 5.75 Å². The minimum Gasteiger partial charge on any atom is -0.492 e. The van der Waals surface area contributed by atoms with E-state index in [1.54, 1.807) is 0 Å². The Morgan fingerprint density at radius 3 is 2.71 bits per heavy atom. The van der Waals surface area contributed by atoms with E-state index in [-0.39, 0.29) is 0 Å². The van der Waals surface area contributed by atoms with Crippen molar-refractivity contribution < 1.29 is 4.74 Å². The largest absolute Gasteiger partial charge is 0.492 e. The Balaban J connectivity index is 2.23. The lowest BCUT2D eigenvalue weighted by Crippen LogP contribution is -2.25. The second kappa shape index (κ2) is 11.6. The van der Waals surface area contributed by atoms with Gasteiger partial charge in [0, 0.05) is 13.1 Å². The Kier molecular flexibility index (Phi) is 9.92. The van der Waals surface area contributed by atoms with Crippen LogP contribution < -0.4 is 10.1 Å². The van der Waals surface area contributed by atoms with Gasteiger partial charge >= 0.3 is 0 Å². The molecule has 0 heterocycles. The van der Waals surface area contributed by atoms with E-state index in [1.807, 2.05) is 6.07 Å². The summed E-state index contributed by atoms with van der Waals surface area (Å²) in [6, 6.07) is 8.40. The summed E-state index contributed by atoms with van der Waals surface area (Å²) in [5.74, 6) is 0.979. The number of hydrogen-bond acceptors (Lipinski definition) is 3. The summed E-state index contributed by atoms with van der Waals surface area (Å²) in [5.41, 5.74) is 1.29. The van der Waals surface area contributed by atoms with Crippen LogP contribution in [0.2, 0.25) is 0 Å². The molecule has 0 saturated heterocycles. The zero-order chi connectivity index (χ0) is 15.3.